The van der Waals surface area contributed by atoms with Crippen molar-refractivity contribution in [2.45, 2.75) is 57.5 Å². The summed E-state index contributed by atoms with van der Waals surface area (Å²) in [5, 5.41) is 3.71. The average molecular weight is 242 g/mol. The maximum atomic E-state index is 12.6. The van der Waals surface area contributed by atoms with Crippen molar-refractivity contribution in [3.63, 3.8) is 0 Å². The summed E-state index contributed by atoms with van der Waals surface area (Å²) in [5.41, 5.74) is 0. The van der Waals surface area contributed by atoms with Crippen molar-refractivity contribution in [3.8, 4) is 0 Å². The molecule has 2 aliphatic rings. The van der Waals surface area contributed by atoms with E-state index < -0.39 is 0 Å². The summed E-state index contributed by atoms with van der Waals surface area (Å²) in [6.07, 6.45) is 8.09. The van der Waals surface area contributed by atoms with Gasteiger partial charge in [0.25, 0.3) is 0 Å². The maximum absolute atomic E-state index is 12.6. The SMILES string of the molecule is CC1CCNC(C2CCCCC2)CN1CCF. The number of alkyl halides is 1. The summed E-state index contributed by atoms with van der Waals surface area (Å²) >= 11 is 0. The van der Waals surface area contributed by atoms with E-state index in [-0.39, 0.29) is 6.67 Å². The molecule has 0 aromatic heterocycles. The van der Waals surface area contributed by atoms with E-state index in [2.05, 4.69) is 17.1 Å². The van der Waals surface area contributed by atoms with Gasteiger partial charge >= 0.3 is 0 Å². The summed E-state index contributed by atoms with van der Waals surface area (Å²) in [4.78, 5) is 2.35. The first-order valence-corrected chi connectivity index (χ1v) is 7.34. The fourth-order valence-corrected chi connectivity index (χ4v) is 3.43. The fourth-order valence-electron chi connectivity index (χ4n) is 3.43. The predicted molar refractivity (Wildman–Crippen MR) is 70.0 cm³/mol. The monoisotopic (exact) mass is 242 g/mol. The number of hydrogen-bond donors (Lipinski definition) is 1. The van der Waals surface area contributed by atoms with E-state index in [1.54, 1.807) is 0 Å². The fraction of sp³-hybridized carbons (Fsp3) is 1.00. The minimum atomic E-state index is -0.207. The van der Waals surface area contributed by atoms with Crippen LogP contribution in [0.25, 0.3) is 0 Å². The minimum Gasteiger partial charge on any atom is -0.312 e. The van der Waals surface area contributed by atoms with Crippen molar-refractivity contribution in [1.29, 1.82) is 0 Å². The molecule has 1 aliphatic heterocycles. The van der Waals surface area contributed by atoms with Crippen LogP contribution >= 0.6 is 0 Å². The average Bonchev–Trinajstić information content (AvgIpc) is 2.54. The van der Waals surface area contributed by atoms with Gasteiger partial charge in [-0.2, -0.15) is 0 Å². The van der Waals surface area contributed by atoms with Crippen molar-refractivity contribution in [2.75, 3.05) is 26.3 Å². The van der Waals surface area contributed by atoms with Crippen molar-refractivity contribution in [3.05, 3.63) is 0 Å². The van der Waals surface area contributed by atoms with E-state index >= 15 is 0 Å². The van der Waals surface area contributed by atoms with Crippen LogP contribution in [0.4, 0.5) is 4.39 Å². The zero-order valence-electron chi connectivity index (χ0n) is 11.1. The largest absolute Gasteiger partial charge is 0.312 e. The lowest BCUT2D eigenvalue weighted by atomic mass is 9.83. The van der Waals surface area contributed by atoms with Crippen molar-refractivity contribution < 1.29 is 4.39 Å². The first-order valence-electron chi connectivity index (χ1n) is 7.34. The van der Waals surface area contributed by atoms with E-state index in [0.29, 0.717) is 18.6 Å². The summed E-state index contributed by atoms with van der Waals surface area (Å²) in [6.45, 7) is 4.80. The Hall–Kier alpha value is -0.150. The normalized spacial score (nSPS) is 33.5. The van der Waals surface area contributed by atoms with E-state index in [4.69, 9.17) is 0 Å². The molecule has 0 amide bonds. The molecule has 2 atom stereocenters. The zero-order valence-corrected chi connectivity index (χ0v) is 11.1. The predicted octanol–water partition coefficient (Wildman–Crippen LogP) is 2.59. The van der Waals surface area contributed by atoms with Crippen LogP contribution < -0.4 is 5.32 Å². The van der Waals surface area contributed by atoms with Crippen LogP contribution in [0.3, 0.4) is 0 Å². The molecular formula is C14H27FN2. The Morgan fingerprint density at radius 2 is 1.94 bits per heavy atom. The highest BCUT2D eigenvalue weighted by Crippen LogP contribution is 2.28. The van der Waals surface area contributed by atoms with Gasteiger partial charge in [-0.3, -0.25) is 4.90 Å². The van der Waals surface area contributed by atoms with Crippen molar-refractivity contribution >= 4 is 0 Å². The number of nitrogens with zero attached hydrogens (tertiary/aromatic N) is 1. The van der Waals surface area contributed by atoms with Gasteiger partial charge in [0.1, 0.15) is 6.67 Å². The third kappa shape index (κ3) is 3.65. The number of rotatable bonds is 3. The highest BCUT2D eigenvalue weighted by Gasteiger charge is 2.28. The minimum absolute atomic E-state index is 0.207. The lowest BCUT2D eigenvalue weighted by Gasteiger charge is -2.34. The highest BCUT2D eigenvalue weighted by atomic mass is 19.1. The third-order valence-corrected chi connectivity index (χ3v) is 4.61. The van der Waals surface area contributed by atoms with Gasteiger partial charge in [0.15, 0.2) is 0 Å². The van der Waals surface area contributed by atoms with Crippen LogP contribution in [0, 0.1) is 5.92 Å². The first-order chi connectivity index (χ1) is 8.31. The molecule has 1 saturated heterocycles. The van der Waals surface area contributed by atoms with Gasteiger partial charge in [0.2, 0.25) is 0 Å². The molecular weight excluding hydrogens is 215 g/mol. The van der Waals surface area contributed by atoms with Crippen LogP contribution in [0.1, 0.15) is 45.4 Å². The molecule has 2 rings (SSSR count). The van der Waals surface area contributed by atoms with Crippen molar-refractivity contribution in [1.82, 2.24) is 10.2 Å². The molecule has 1 N–H and O–H groups in total. The molecule has 17 heavy (non-hydrogen) atoms. The topological polar surface area (TPSA) is 15.3 Å². The quantitative estimate of drug-likeness (QED) is 0.818. The van der Waals surface area contributed by atoms with Crippen LogP contribution in [0.15, 0.2) is 0 Å². The van der Waals surface area contributed by atoms with E-state index in [1.807, 2.05) is 0 Å². The van der Waals surface area contributed by atoms with Crippen LogP contribution in [-0.4, -0.2) is 43.3 Å². The van der Waals surface area contributed by atoms with Crippen LogP contribution in [0.2, 0.25) is 0 Å². The highest BCUT2D eigenvalue weighted by molar-refractivity contribution is 4.86. The molecule has 1 aliphatic carbocycles. The second kappa shape index (κ2) is 6.69. The van der Waals surface area contributed by atoms with Gasteiger partial charge in [-0.05, 0) is 38.6 Å². The van der Waals surface area contributed by atoms with Gasteiger partial charge in [-0.1, -0.05) is 19.3 Å². The number of nitrogens with one attached hydrogen (secondary N) is 1. The summed E-state index contributed by atoms with van der Waals surface area (Å²) in [5.74, 6) is 0.830. The molecule has 0 aromatic carbocycles. The van der Waals surface area contributed by atoms with Gasteiger partial charge in [-0.25, -0.2) is 4.39 Å². The second-order valence-corrected chi connectivity index (χ2v) is 5.78. The van der Waals surface area contributed by atoms with Crippen molar-refractivity contribution in [2.24, 2.45) is 5.92 Å². The number of hydrogen-bond acceptors (Lipinski definition) is 2. The Bertz CT molecular complexity index is 216. The Morgan fingerprint density at radius 1 is 1.18 bits per heavy atom. The molecule has 100 valence electrons. The first kappa shape index (κ1) is 13.3. The summed E-state index contributed by atoms with van der Waals surface area (Å²) < 4.78 is 12.6. The Kier molecular flexibility index (Phi) is 5.23. The van der Waals surface area contributed by atoms with Crippen LogP contribution in [0.5, 0.6) is 0 Å². The standard InChI is InChI=1S/C14H27FN2/c1-12-7-9-16-14(11-17(12)10-8-15)13-5-3-2-4-6-13/h12-14,16H,2-11H2,1H3. The molecule has 2 unspecified atom stereocenters. The maximum Gasteiger partial charge on any atom is 0.102 e. The lowest BCUT2D eigenvalue weighted by molar-refractivity contribution is 0.161. The van der Waals surface area contributed by atoms with E-state index in [0.717, 1.165) is 25.4 Å². The molecule has 1 saturated carbocycles. The van der Waals surface area contributed by atoms with Gasteiger partial charge < -0.3 is 5.32 Å². The molecule has 2 nitrogen and oxygen atoms in total. The Morgan fingerprint density at radius 3 is 2.65 bits per heavy atom. The summed E-state index contributed by atoms with van der Waals surface area (Å²) in [6, 6.07) is 1.14. The molecule has 0 radical (unpaired) electrons. The smallest absolute Gasteiger partial charge is 0.102 e. The second-order valence-electron chi connectivity index (χ2n) is 5.78. The Balaban J connectivity index is 1.92. The zero-order chi connectivity index (χ0) is 12.1. The number of halogens is 1. The molecule has 3 heteroatoms. The van der Waals surface area contributed by atoms with Crippen LogP contribution in [-0.2, 0) is 0 Å². The molecule has 0 bridgehead atoms. The van der Waals surface area contributed by atoms with E-state index in [1.165, 1.54) is 32.1 Å². The Labute approximate surface area is 105 Å². The molecule has 0 aromatic rings. The third-order valence-electron chi connectivity index (χ3n) is 4.61. The lowest BCUT2D eigenvalue weighted by Crippen LogP contribution is -2.45. The van der Waals surface area contributed by atoms with Gasteiger partial charge in [0, 0.05) is 25.2 Å². The molecule has 1 heterocycles. The van der Waals surface area contributed by atoms with E-state index in [9.17, 15) is 4.39 Å². The molecule has 2 fully saturated rings. The van der Waals surface area contributed by atoms with Gasteiger partial charge in [0.05, 0.1) is 0 Å². The van der Waals surface area contributed by atoms with Gasteiger partial charge in [-0.15, -0.1) is 0 Å². The molecule has 0 spiro atoms. The summed E-state index contributed by atoms with van der Waals surface area (Å²) in [7, 11) is 0.